The van der Waals surface area contributed by atoms with Crippen LogP contribution in [0.5, 0.6) is 0 Å². The van der Waals surface area contributed by atoms with Gasteiger partial charge in [0.1, 0.15) is 11.5 Å². The Kier molecular flexibility index (Phi) is 5.82. The van der Waals surface area contributed by atoms with E-state index in [1.807, 2.05) is 0 Å². The second-order valence-corrected chi connectivity index (χ2v) is 6.75. The normalized spacial score (nSPS) is 11.0. The number of carbonyl (C=O) groups excluding carboxylic acids is 1. The number of non-ortho nitro benzene ring substituents is 1. The maximum absolute atomic E-state index is 12.1. The van der Waals surface area contributed by atoms with Gasteiger partial charge in [0.25, 0.3) is 5.69 Å². The molecule has 0 atom stereocenters. The van der Waals surface area contributed by atoms with Crippen LogP contribution in [0.3, 0.4) is 0 Å². The first-order valence-electron chi connectivity index (χ1n) is 8.13. The summed E-state index contributed by atoms with van der Waals surface area (Å²) >= 11 is 12.1. The molecule has 0 spiro atoms. The van der Waals surface area contributed by atoms with Crippen LogP contribution in [0.1, 0.15) is 11.3 Å². The van der Waals surface area contributed by atoms with Crippen LogP contribution in [0, 0.1) is 17.0 Å². The SMILES string of the molecule is Cc1cc([N+](=O)[O-])ccc1NC(=O)/C=C/c1ccc(-c2ccc(Cl)cc2Cl)o1. The van der Waals surface area contributed by atoms with Crippen molar-refractivity contribution in [2.24, 2.45) is 0 Å². The molecule has 0 aliphatic rings. The number of halogens is 2. The zero-order chi connectivity index (χ0) is 20.3. The Morgan fingerprint density at radius 2 is 1.93 bits per heavy atom. The number of benzene rings is 2. The summed E-state index contributed by atoms with van der Waals surface area (Å²) < 4.78 is 5.69. The molecule has 1 aromatic heterocycles. The topological polar surface area (TPSA) is 85.4 Å². The van der Waals surface area contributed by atoms with Crippen LogP contribution in [0.25, 0.3) is 17.4 Å². The first-order valence-corrected chi connectivity index (χ1v) is 8.88. The molecule has 0 radical (unpaired) electrons. The minimum atomic E-state index is -0.486. The van der Waals surface area contributed by atoms with Crippen LogP contribution in [-0.4, -0.2) is 10.8 Å². The van der Waals surface area contributed by atoms with Gasteiger partial charge in [-0.2, -0.15) is 0 Å². The van der Waals surface area contributed by atoms with Gasteiger partial charge in [-0.1, -0.05) is 23.2 Å². The molecule has 8 heteroatoms. The standard InChI is InChI=1S/C20H14Cl2N2O4/c1-12-10-14(24(26)27)3-7-18(12)23-20(25)9-5-15-4-8-19(28-15)16-6-2-13(21)11-17(16)22/h2-11H,1H3,(H,23,25)/b9-5+. The van der Waals surface area contributed by atoms with Gasteiger partial charge >= 0.3 is 0 Å². The summed E-state index contributed by atoms with van der Waals surface area (Å²) in [5.41, 5.74) is 1.74. The number of nitrogens with zero attached hydrogens (tertiary/aromatic N) is 1. The molecule has 0 bridgehead atoms. The van der Waals surface area contributed by atoms with E-state index in [0.717, 1.165) is 0 Å². The molecule has 6 nitrogen and oxygen atoms in total. The lowest BCUT2D eigenvalue weighted by molar-refractivity contribution is -0.384. The number of nitro benzene ring substituents is 1. The number of carbonyl (C=O) groups is 1. The summed E-state index contributed by atoms with van der Waals surface area (Å²) in [7, 11) is 0. The molecule has 0 aliphatic heterocycles. The lowest BCUT2D eigenvalue weighted by atomic mass is 10.2. The van der Waals surface area contributed by atoms with Crippen LogP contribution in [0.4, 0.5) is 11.4 Å². The Balaban J connectivity index is 1.70. The quantitative estimate of drug-likeness (QED) is 0.308. The fraction of sp³-hybridized carbons (Fsp3) is 0.0500. The number of aryl methyl sites for hydroxylation is 1. The summed E-state index contributed by atoms with van der Waals surface area (Å²) in [5.74, 6) is 0.629. The van der Waals surface area contributed by atoms with E-state index < -0.39 is 4.92 Å². The molecular formula is C20H14Cl2N2O4. The fourth-order valence-electron chi connectivity index (χ4n) is 2.51. The van der Waals surface area contributed by atoms with Crippen molar-refractivity contribution in [3.05, 3.63) is 86.1 Å². The molecular weight excluding hydrogens is 403 g/mol. The van der Waals surface area contributed by atoms with Gasteiger partial charge in [-0.3, -0.25) is 14.9 Å². The molecule has 3 rings (SSSR count). The third-order valence-corrected chi connectivity index (χ3v) is 4.45. The van der Waals surface area contributed by atoms with Crippen molar-refractivity contribution < 1.29 is 14.1 Å². The molecule has 0 saturated heterocycles. The van der Waals surface area contributed by atoms with Gasteiger partial charge in [0.2, 0.25) is 5.91 Å². The van der Waals surface area contributed by atoms with Crippen molar-refractivity contribution in [1.82, 2.24) is 0 Å². The zero-order valence-corrected chi connectivity index (χ0v) is 16.1. The summed E-state index contributed by atoms with van der Waals surface area (Å²) in [6.45, 7) is 1.68. The van der Waals surface area contributed by atoms with E-state index in [0.29, 0.717) is 38.4 Å². The van der Waals surface area contributed by atoms with Gasteiger partial charge in [-0.25, -0.2) is 0 Å². The van der Waals surface area contributed by atoms with Crippen molar-refractivity contribution in [2.45, 2.75) is 6.92 Å². The average molecular weight is 417 g/mol. The van der Waals surface area contributed by atoms with Gasteiger partial charge in [0.05, 0.1) is 9.95 Å². The Hall–Kier alpha value is -3.09. The average Bonchev–Trinajstić information content (AvgIpc) is 3.10. The molecule has 1 N–H and O–H groups in total. The van der Waals surface area contributed by atoms with Gasteiger partial charge in [-0.05, 0) is 55.0 Å². The van der Waals surface area contributed by atoms with E-state index >= 15 is 0 Å². The van der Waals surface area contributed by atoms with Crippen LogP contribution < -0.4 is 5.32 Å². The Labute approximate surface area is 170 Å². The largest absolute Gasteiger partial charge is 0.457 e. The highest BCUT2D eigenvalue weighted by molar-refractivity contribution is 6.36. The zero-order valence-electron chi connectivity index (χ0n) is 14.6. The molecule has 142 valence electrons. The number of hydrogen-bond acceptors (Lipinski definition) is 4. The minimum absolute atomic E-state index is 0.0324. The first kappa shape index (κ1) is 19.7. The van der Waals surface area contributed by atoms with Crippen molar-refractivity contribution in [3.8, 4) is 11.3 Å². The molecule has 28 heavy (non-hydrogen) atoms. The highest BCUT2D eigenvalue weighted by atomic mass is 35.5. The molecule has 1 amide bonds. The maximum Gasteiger partial charge on any atom is 0.269 e. The minimum Gasteiger partial charge on any atom is -0.457 e. The Morgan fingerprint density at radius 1 is 1.14 bits per heavy atom. The van der Waals surface area contributed by atoms with Gasteiger partial charge in [0, 0.05) is 34.5 Å². The highest BCUT2D eigenvalue weighted by Crippen LogP contribution is 2.31. The number of nitro groups is 1. The van der Waals surface area contributed by atoms with Crippen molar-refractivity contribution >= 4 is 46.6 Å². The predicted octanol–water partition coefficient (Wildman–Crippen LogP) is 6.12. The second-order valence-electron chi connectivity index (χ2n) is 5.91. The van der Waals surface area contributed by atoms with Gasteiger partial charge in [0.15, 0.2) is 0 Å². The molecule has 0 saturated carbocycles. The van der Waals surface area contributed by atoms with E-state index in [1.165, 1.54) is 30.4 Å². The van der Waals surface area contributed by atoms with Crippen LogP contribution in [0.15, 0.2) is 59.0 Å². The second kappa shape index (κ2) is 8.29. The fourth-order valence-corrected chi connectivity index (χ4v) is 3.01. The van der Waals surface area contributed by atoms with E-state index in [4.69, 9.17) is 27.6 Å². The first-order chi connectivity index (χ1) is 13.3. The molecule has 0 unspecified atom stereocenters. The molecule has 3 aromatic rings. The number of amides is 1. The number of rotatable bonds is 5. The van der Waals surface area contributed by atoms with E-state index in [-0.39, 0.29) is 11.6 Å². The van der Waals surface area contributed by atoms with Gasteiger partial charge in [-0.15, -0.1) is 0 Å². The third-order valence-electron chi connectivity index (χ3n) is 3.90. The van der Waals surface area contributed by atoms with Crippen LogP contribution in [-0.2, 0) is 4.79 Å². The molecule has 0 aliphatic carbocycles. The smallest absolute Gasteiger partial charge is 0.269 e. The molecule has 2 aromatic carbocycles. The van der Waals surface area contributed by atoms with Crippen molar-refractivity contribution in [3.63, 3.8) is 0 Å². The number of hydrogen-bond donors (Lipinski definition) is 1. The van der Waals surface area contributed by atoms with Crippen LogP contribution >= 0.6 is 23.2 Å². The summed E-state index contributed by atoms with van der Waals surface area (Å²) in [6, 6.07) is 12.8. The van der Waals surface area contributed by atoms with E-state index in [2.05, 4.69) is 5.32 Å². The Morgan fingerprint density at radius 3 is 2.61 bits per heavy atom. The lowest BCUT2D eigenvalue weighted by Crippen LogP contribution is -2.09. The predicted molar refractivity (Wildman–Crippen MR) is 110 cm³/mol. The summed E-state index contributed by atoms with van der Waals surface area (Å²) in [5, 5.41) is 14.4. The lowest BCUT2D eigenvalue weighted by Gasteiger charge is -2.05. The van der Waals surface area contributed by atoms with Crippen LogP contribution in [0.2, 0.25) is 10.0 Å². The molecule has 1 heterocycles. The van der Waals surface area contributed by atoms with E-state index in [9.17, 15) is 14.9 Å². The molecule has 0 fully saturated rings. The van der Waals surface area contributed by atoms with E-state index in [1.54, 1.807) is 37.3 Å². The maximum atomic E-state index is 12.1. The Bertz CT molecular complexity index is 1090. The van der Waals surface area contributed by atoms with Crippen molar-refractivity contribution in [1.29, 1.82) is 0 Å². The number of anilines is 1. The monoisotopic (exact) mass is 416 g/mol. The number of nitrogens with one attached hydrogen (secondary N) is 1. The summed E-state index contributed by atoms with van der Waals surface area (Å²) in [6.07, 6.45) is 2.83. The highest BCUT2D eigenvalue weighted by Gasteiger charge is 2.10. The summed E-state index contributed by atoms with van der Waals surface area (Å²) in [4.78, 5) is 22.4. The van der Waals surface area contributed by atoms with Gasteiger partial charge < -0.3 is 9.73 Å². The van der Waals surface area contributed by atoms with Crippen molar-refractivity contribution in [2.75, 3.05) is 5.32 Å². The third kappa shape index (κ3) is 4.60. The number of furan rings is 1.